The maximum Gasteiger partial charge on any atom is 0.409 e. The van der Waals surface area contributed by atoms with Crippen LogP contribution in [0.25, 0.3) is 0 Å². The van der Waals surface area contributed by atoms with Crippen molar-refractivity contribution < 1.29 is 36.3 Å². The maximum atomic E-state index is 13.7. The lowest BCUT2D eigenvalue weighted by atomic mass is 10.0. The number of aryl methyl sites for hydroxylation is 1. The van der Waals surface area contributed by atoms with Crippen LogP contribution in [-0.2, 0) is 31.4 Å². The number of benzene rings is 1. The summed E-state index contributed by atoms with van der Waals surface area (Å²) in [6.07, 6.45) is 0.140. The molecule has 1 aliphatic heterocycles. The summed E-state index contributed by atoms with van der Waals surface area (Å²) >= 11 is 6.14. The van der Waals surface area contributed by atoms with Crippen molar-refractivity contribution in [2.24, 2.45) is 5.92 Å². The van der Waals surface area contributed by atoms with E-state index in [0.29, 0.717) is 19.4 Å². The minimum Gasteiger partial charge on any atom is -0.486 e. The number of amides is 2. The fourth-order valence-corrected chi connectivity index (χ4v) is 7.25. The Labute approximate surface area is 218 Å². The third kappa shape index (κ3) is 5.78. The van der Waals surface area contributed by atoms with Crippen LogP contribution < -0.4 is 19.1 Å². The average molecular weight is 576 g/mol. The van der Waals surface area contributed by atoms with Gasteiger partial charge in [-0.25, -0.2) is 21.6 Å². The quantitative estimate of drug-likeness (QED) is 0.404. The number of nitrogens with zero attached hydrogens (tertiary/aromatic N) is 3. The molecular weight excluding hydrogens is 550 g/mol. The van der Waals surface area contributed by atoms with Crippen molar-refractivity contribution in [3.8, 4) is 5.75 Å². The molecule has 0 saturated heterocycles. The van der Waals surface area contributed by atoms with Crippen LogP contribution in [0.15, 0.2) is 29.3 Å². The number of hydrogen-bond donors (Lipinski definition) is 3. The lowest BCUT2D eigenvalue weighted by molar-refractivity contribution is -0.123. The standard InChI is InChI=1S/C21H26ClN5O8S2/c1-3-26-11-18(19(22)24-26)37(33,34)27-10-14(8-12(2)20(28)25-36(31,32)15-5-6-15)35-17-7-4-13(9-16(17)27)23-21(29)30/h4,7,9,11-12,14-15,23H,3,5-6,8,10H2,1-2H3,(H,25,28)(H,29,30). The van der Waals surface area contributed by atoms with Crippen molar-refractivity contribution in [2.75, 3.05) is 16.2 Å². The first-order valence-corrected chi connectivity index (χ1v) is 14.8. The molecule has 37 heavy (non-hydrogen) atoms. The summed E-state index contributed by atoms with van der Waals surface area (Å²) in [4.78, 5) is 23.4. The van der Waals surface area contributed by atoms with Gasteiger partial charge in [0.05, 0.1) is 17.5 Å². The van der Waals surface area contributed by atoms with Crippen LogP contribution in [0.4, 0.5) is 16.2 Å². The zero-order valence-electron chi connectivity index (χ0n) is 19.9. The van der Waals surface area contributed by atoms with Gasteiger partial charge < -0.3 is 9.84 Å². The summed E-state index contributed by atoms with van der Waals surface area (Å²) < 4.78 is 62.2. The van der Waals surface area contributed by atoms with E-state index in [2.05, 4.69) is 15.1 Å². The number of hydrogen-bond acceptors (Lipinski definition) is 8. The highest BCUT2D eigenvalue weighted by molar-refractivity contribution is 7.93. The van der Waals surface area contributed by atoms with Crippen molar-refractivity contribution in [1.82, 2.24) is 14.5 Å². The van der Waals surface area contributed by atoms with Crippen LogP contribution in [0.3, 0.4) is 0 Å². The molecule has 16 heteroatoms. The van der Waals surface area contributed by atoms with Crippen molar-refractivity contribution in [3.05, 3.63) is 29.5 Å². The summed E-state index contributed by atoms with van der Waals surface area (Å²) in [5.41, 5.74) is 0.179. The largest absolute Gasteiger partial charge is 0.486 e. The zero-order valence-corrected chi connectivity index (χ0v) is 22.3. The van der Waals surface area contributed by atoms with E-state index in [1.807, 2.05) is 0 Å². The number of anilines is 2. The maximum absolute atomic E-state index is 13.7. The Bertz CT molecular complexity index is 1440. The minimum atomic E-state index is -4.29. The zero-order chi connectivity index (χ0) is 27.1. The Morgan fingerprint density at radius 3 is 2.57 bits per heavy atom. The molecule has 3 N–H and O–H groups in total. The Hall–Kier alpha value is -3.04. The van der Waals surface area contributed by atoms with Gasteiger partial charge in [-0.2, -0.15) is 5.10 Å². The van der Waals surface area contributed by atoms with Crippen molar-refractivity contribution >= 4 is 55.0 Å². The fourth-order valence-electron chi connectivity index (χ4n) is 3.90. The van der Waals surface area contributed by atoms with Crippen LogP contribution in [0, 0.1) is 5.92 Å². The van der Waals surface area contributed by atoms with Gasteiger partial charge in [-0.1, -0.05) is 18.5 Å². The summed E-state index contributed by atoms with van der Waals surface area (Å²) in [5.74, 6) is -1.39. The number of carboxylic acid groups (broad SMARTS) is 1. The van der Waals surface area contributed by atoms with Crippen molar-refractivity contribution in [3.63, 3.8) is 0 Å². The number of aromatic nitrogens is 2. The molecule has 1 fully saturated rings. The lowest BCUT2D eigenvalue weighted by Gasteiger charge is -2.36. The highest BCUT2D eigenvalue weighted by Gasteiger charge is 2.40. The first-order valence-electron chi connectivity index (χ1n) is 11.4. The first kappa shape index (κ1) is 27.0. The van der Waals surface area contributed by atoms with Crippen LogP contribution in [0.5, 0.6) is 5.75 Å². The van der Waals surface area contributed by atoms with Gasteiger partial charge >= 0.3 is 6.09 Å². The predicted octanol–water partition coefficient (Wildman–Crippen LogP) is 2.24. The number of nitrogens with one attached hydrogen (secondary N) is 2. The molecule has 13 nitrogen and oxygen atoms in total. The molecule has 1 saturated carbocycles. The SMILES string of the molecule is CCn1cc(S(=O)(=O)N2CC(CC(C)C(=O)NS(=O)(=O)C3CC3)Oc3ccc(NC(=O)O)cc32)c(Cl)n1. The molecule has 2 aliphatic rings. The second-order valence-corrected chi connectivity index (χ2v) is 13.0. The van der Waals surface area contributed by atoms with Crippen molar-refractivity contribution in [2.45, 2.75) is 55.9 Å². The molecule has 1 aliphatic carbocycles. The normalized spacial score (nSPS) is 18.5. The van der Waals surface area contributed by atoms with Gasteiger partial charge in [-0.15, -0.1) is 0 Å². The molecule has 4 rings (SSSR count). The summed E-state index contributed by atoms with van der Waals surface area (Å²) in [6, 6.07) is 4.13. The number of carbonyl (C=O) groups is 2. The minimum absolute atomic E-state index is 0.00849. The molecule has 2 aromatic rings. The number of halogens is 1. The van der Waals surface area contributed by atoms with Crippen molar-refractivity contribution in [1.29, 1.82) is 0 Å². The van der Waals surface area contributed by atoms with Gasteiger partial charge in [-0.3, -0.25) is 23.8 Å². The van der Waals surface area contributed by atoms with Crippen LogP contribution in [0.1, 0.15) is 33.1 Å². The van der Waals surface area contributed by atoms with E-state index in [9.17, 15) is 26.4 Å². The first-order chi connectivity index (χ1) is 17.3. The van der Waals surface area contributed by atoms with Gasteiger partial charge in [0.25, 0.3) is 10.0 Å². The molecule has 2 atom stereocenters. The Kier molecular flexibility index (Phi) is 7.32. The van der Waals surface area contributed by atoms with E-state index in [1.165, 1.54) is 36.0 Å². The van der Waals surface area contributed by atoms with E-state index >= 15 is 0 Å². The average Bonchev–Trinajstić information content (AvgIpc) is 3.60. The lowest BCUT2D eigenvalue weighted by Crippen LogP contribution is -2.45. The van der Waals surface area contributed by atoms with Gasteiger partial charge in [0, 0.05) is 24.3 Å². The number of rotatable bonds is 9. The summed E-state index contributed by atoms with van der Waals surface area (Å²) in [5, 5.41) is 14.4. The van der Waals surface area contributed by atoms with Gasteiger partial charge in [-0.05, 0) is 44.4 Å². The predicted molar refractivity (Wildman–Crippen MR) is 134 cm³/mol. The highest BCUT2D eigenvalue weighted by Crippen LogP contribution is 2.41. The van der Waals surface area contributed by atoms with E-state index in [-0.39, 0.29) is 40.1 Å². The second kappa shape index (κ2) is 10.0. The molecule has 202 valence electrons. The fraction of sp³-hybridized carbons (Fsp3) is 0.476. The molecule has 0 radical (unpaired) electrons. The number of carbonyl (C=O) groups excluding carboxylic acids is 1. The van der Waals surface area contributed by atoms with Crippen LogP contribution in [0.2, 0.25) is 5.15 Å². The molecular formula is C21H26ClN5O8S2. The summed E-state index contributed by atoms with van der Waals surface area (Å²) in [7, 11) is -8.03. The molecule has 2 unspecified atom stereocenters. The number of sulfonamides is 2. The molecule has 1 aromatic heterocycles. The Morgan fingerprint density at radius 1 is 1.27 bits per heavy atom. The molecule has 2 amide bonds. The summed E-state index contributed by atoms with van der Waals surface area (Å²) in [6.45, 7) is 3.42. The van der Waals surface area contributed by atoms with E-state index in [1.54, 1.807) is 6.92 Å². The monoisotopic (exact) mass is 575 g/mol. The van der Waals surface area contributed by atoms with Gasteiger partial charge in [0.1, 0.15) is 16.7 Å². The van der Waals surface area contributed by atoms with Crippen LogP contribution >= 0.6 is 11.6 Å². The molecule has 0 spiro atoms. The number of fused-ring (bicyclic) bond motifs is 1. The Balaban J connectivity index is 1.64. The third-order valence-electron chi connectivity index (χ3n) is 5.99. The molecule has 1 aromatic carbocycles. The third-order valence-corrected chi connectivity index (χ3v) is 10.00. The molecule has 0 bridgehead atoms. The van der Waals surface area contributed by atoms with Gasteiger partial charge in [0.15, 0.2) is 5.15 Å². The van der Waals surface area contributed by atoms with Crippen LogP contribution in [-0.4, -0.2) is 61.6 Å². The Morgan fingerprint density at radius 2 is 1.97 bits per heavy atom. The smallest absolute Gasteiger partial charge is 0.409 e. The highest BCUT2D eigenvalue weighted by atomic mass is 35.5. The second-order valence-electron chi connectivity index (χ2n) is 8.88. The number of ether oxygens (including phenoxy) is 1. The van der Waals surface area contributed by atoms with E-state index in [4.69, 9.17) is 21.4 Å². The van der Waals surface area contributed by atoms with E-state index in [0.717, 1.165) is 4.31 Å². The van der Waals surface area contributed by atoms with Gasteiger partial charge in [0.2, 0.25) is 15.9 Å². The van der Waals surface area contributed by atoms with E-state index < -0.39 is 49.3 Å². The molecule has 2 heterocycles. The topological polar surface area (TPSA) is 177 Å².